The third-order valence-corrected chi connectivity index (χ3v) is 4.90. The van der Waals surface area contributed by atoms with Gasteiger partial charge in [0, 0.05) is 10.6 Å². The standard InChI is InChI=1S/C17H12ClN5O2S/c18-13-8-6-12(7-9-13)16-20-21-17(25-16)26(24)11-14-10-23(22-19-14)15-4-2-1-3-5-15/h1-10H,11H2. The molecule has 7 nitrogen and oxygen atoms in total. The van der Waals surface area contributed by atoms with Gasteiger partial charge in [0.25, 0.3) is 0 Å². The van der Waals surface area contributed by atoms with Gasteiger partial charge in [-0.15, -0.1) is 10.2 Å². The minimum absolute atomic E-state index is 0.0456. The zero-order valence-corrected chi connectivity index (χ0v) is 14.9. The third kappa shape index (κ3) is 3.56. The Kier molecular flexibility index (Phi) is 4.59. The molecular formula is C17H12ClN5O2S. The molecule has 0 bridgehead atoms. The third-order valence-electron chi connectivity index (χ3n) is 3.53. The molecule has 4 aromatic rings. The first-order valence-electron chi connectivity index (χ1n) is 7.63. The van der Waals surface area contributed by atoms with Gasteiger partial charge < -0.3 is 4.42 Å². The highest BCUT2D eigenvalue weighted by atomic mass is 35.5. The second kappa shape index (κ2) is 7.19. The lowest BCUT2D eigenvalue weighted by atomic mass is 10.2. The monoisotopic (exact) mass is 385 g/mol. The first-order valence-corrected chi connectivity index (χ1v) is 9.33. The Morgan fingerprint density at radius 3 is 2.54 bits per heavy atom. The van der Waals surface area contributed by atoms with E-state index in [1.54, 1.807) is 35.1 Å². The van der Waals surface area contributed by atoms with Gasteiger partial charge in [0.05, 0.1) is 23.3 Å². The molecule has 9 heteroatoms. The van der Waals surface area contributed by atoms with Crippen molar-refractivity contribution in [1.29, 1.82) is 0 Å². The number of halogens is 1. The second-order valence-corrected chi connectivity index (χ2v) is 7.13. The Morgan fingerprint density at radius 2 is 1.77 bits per heavy atom. The van der Waals surface area contributed by atoms with E-state index in [1.165, 1.54) is 0 Å². The zero-order valence-electron chi connectivity index (χ0n) is 13.3. The highest BCUT2D eigenvalue weighted by Crippen LogP contribution is 2.22. The molecule has 26 heavy (non-hydrogen) atoms. The van der Waals surface area contributed by atoms with Gasteiger partial charge in [-0.1, -0.05) is 40.1 Å². The fourth-order valence-electron chi connectivity index (χ4n) is 2.28. The maximum Gasteiger partial charge on any atom is 0.308 e. The van der Waals surface area contributed by atoms with E-state index in [1.807, 2.05) is 30.3 Å². The molecule has 0 aliphatic rings. The average Bonchev–Trinajstić information content (AvgIpc) is 3.33. The molecule has 0 saturated heterocycles. The Bertz CT molecular complexity index is 1050. The topological polar surface area (TPSA) is 86.7 Å². The molecule has 2 aromatic carbocycles. The van der Waals surface area contributed by atoms with E-state index < -0.39 is 10.8 Å². The normalized spacial score (nSPS) is 12.2. The van der Waals surface area contributed by atoms with Crippen molar-refractivity contribution in [3.05, 3.63) is 71.5 Å². The van der Waals surface area contributed by atoms with Gasteiger partial charge in [-0.05, 0) is 36.4 Å². The quantitative estimate of drug-likeness (QED) is 0.524. The number of para-hydroxylation sites is 1. The molecule has 4 rings (SSSR count). The molecule has 1 unspecified atom stereocenters. The Balaban J connectivity index is 1.49. The summed E-state index contributed by atoms with van der Waals surface area (Å²) in [4.78, 5) is 0. The zero-order chi connectivity index (χ0) is 17.9. The molecule has 0 saturated carbocycles. The van der Waals surface area contributed by atoms with Crippen LogP contribution in [0.3, 0.4) is 0 Å². The average molecular weight is 386 g/mol. The summed E-state index contributed by atoms with van der Waals surface area (Å²) < 4.78 is 19.6. The maximum absolute atomic E-state index is 12.5. The van der Waals surface area contributed by atoms with Crippen LogP contribution in [0.4, 0.5) is 0 Å². The lowest BCUT2D eigenvalue weighted by Crippen LogP contribution is -1.97. The summed E-state index contributed by atoms with van der Waals surface area (Å²) in [6.07, 6.45) is 1.73. The van der Waals surface area contributed by atoms with Crippen molar-refractivity contribution in [1.82, 2.24) is 25.2 Å². The van der Waals surface area contributed by atoms with Crippen molar-refractivity contribution < 1.29 is 8.63 Å². The van der Waals surface area contributed by atoms with Gasteiger partial charge in [0.15, 0.2) is 0 Å². The Hall–Kier alpha value is -2.84. The lowest BCUT2D eigenvalue weighted by Gasteiger charge is -1.97. The molecule has 0 aliphatic heterocycles. The molecule has 130 valence electrons. The first kappa shape index (κ1) is 16.6. The van der Waals surface area contributed by atoms with E-state index in [0.717, 1.165) is 5.69 Å². The van der Waals surface area contributed by atoms with E-state index in [0.29, 0.717) is 16.3 Å². The number of hydrogen-bond donors (Lipinski definition) is 0. The van der Waals surface area contributed by atoms with E-state index >= 15 is 0 Å². The van der Waals surface area contributed by atoms with Crippen LogP contribution in [0.5, 0.6) is 0 Å². The Labute approximate surface area is 156 Å². The van der Waals surface area contributed by atoms with Crippen LogP contribution in [-0.2, 0) is 16.6 Å². The van der Waals surface area contributed by atoms with Crippen molar-refractivity contribution >= 4 is 22.4 Å². The second-order valence-electron chi connectivity index (χ2n) is 5.36. The van der Waals surface area contributed by atoms with E-state index in [4.69, 9.17) is 16.0 Å². The molecule has 2 aromatic heterocycles. The summed E-state index contributed by atoms with van der Waals surface area (Å²) in [5.41, 5.74) is 2.15. The number of benzene rings is 2. The van der Waals surface area contributed by atoms with Gasteiger partial charge >= 0.3 is 5.22 Å². The molecule has 0 aliphatic carbocycles. The minimum Gasteiger partial charge on any atom is -0.409 e. The van der Waals surface area contributed by atoms with Gasteiger partial charge in [-0.3, -0.25) is 0 Å². The number of hydrogen-bond acceptors (Lipinski definition) is 6. The van der Waals surface area contributed by atoms with Crippen LogP contribution in [0, 0.1) is 0 Å². The van der Waals surface area contributed by atoms with Crippen molar-refractivity contribution in [2.45, 2.75) is 11.0 Å². The van der Waals surface area contributed by atoms with Crippen LogP contribution in [-0.4, -0.2) is 29.4 Å². The summed E-state index contributed by atoms with van der Waals surface area (Å²) >= 11 is 5.86. The SMILES string of the molecule is O=S(Cc1cn(-c2ccccc2)nn1)c1nnc(-c2ccc(Cl)cc2)o1. The predicted octanol–water partition coefficient (Wildman–Crippen LogP) is 3.28. The molecule has 0 N–H and O–H groups in total. The molecule has 0 spiro atoms. The van der Waals surface area contributed by atoms with Crippen molar-refractivity contribution in [3.8, 4) is 17.1 Å². The van der Waals surface area contributed by atoms with Gasteiger partial charge in [0.1, 0.15) is 10.8 Å². The van der Waals surface area contributed by atoms with E-state index in [-0.39, 0.29) is 16.9 Å². The molecule has 0 fully saturated rings. The first-order chi connectivity index (χ1) is 12.7. The van der Waals surface area contributed by atoms with Crippen molar-refractivity contribution in [2.24, 2.45) is 0 Å². The lowest BCUT2D eigenvalue weighted by molar-refractivity contribution is 0.455. The van der Waals surface area contributed by atoms with Crippen LogP contribution in [0.1, 0.15) is 5.69 Å². The summed E-state index contributed by atoms with van der Waals surface area (Å²) in [7, 11) is -1.52. The summed E-state index contributed by atoms with van der Waals surface area (Å²) in [5, 5.41) is 16.6. The molecule has 1 atom stereocenters. The smallest absolute Gasteiger partial charge is 0.308 e. The number of nitrogens with zero attached hydrogens (tertiary/aromatic N) is 5. The van der Waals surface area contributed by atoms with Crippen LogP contribution < -0.4 is 0 Å². The van der Waals surface area contributed by atoms with Crippen LogP contribution in [0.25, 0.3) is 17.1 Å². The fraction of sp³-hybridized carbons (Fsp3) is 0.0588. The van der Waals surface area contributed by atoms with Crippen molar-refractivity contribution in [3.63, 3.8) is 0 Å². The van der Waals surface area contributed by atoms with Gasteiger partial charge in [-0.2, -0.15) is 0 Å². The van der Waals surface area contributed by atoms with E-state index in [9.17, 15) is 4.21 Å². The number of aromatic nitrogens is 5. The molecular weight excluding hydrogens is 374 g/mol. The predicted molar refractivity (Wildman–Crippen MR) is 96.2 cm³/mol. The highest BCUT2D eigenvalue weighted by molar-refractivity contribution is 7.83. The van der Waals surface area contributed by atoms with Crippen LogP contribution in [0.15, 0.2) is 70.4 Å². The van der Waals surface area contributed by atoms with Crippen LogP contribution >= 0.6 is 11.6 Å². The summed E-state index contributed by atoms with van der Waals surface area (Å²) in [6.45, 7) is 0. The maximum atomic E-state index is 12.5. The van der Waals surface area contributed by atoms with Gasteiger partial charge in [-0.25, -0.2) is 8.89 Å². The van der Waals surface area contributed by atoms with Crippen LogP contribution in [0.2, 0.25) is 5.02 Å². The number of rotatable bonds is 5. The Morgan fingerprint density at radius 1 is 1.00 bits per heavy atom. The summed E-state index contributed by atoms with van der Waals surface area (Å²) in [5.74, 6) is 0.424. The molecule has 0 amide bonds. The molecule has 0 radical (unpaired) electrons. The van der Waals surface area contributed by atoms with Gasteiger partial charge in [0.2, 0.25) is 5.89 Å². The van der Waals surface area contributed by atoms with Crippen molar-refractivity contribution in [2.75, 3.05) is 0 Å². The largest absolute Gasteiger partial charge is 0.409 e. The molecule has 2 heterocycles. The minimum atomic E-state index is -1.52. The van der Waals surface area contributed by atoms with E-state index in [2.05, 4.69) is 20.5 Å². The fourth-order valence-corrected chi connectivity index (χ4v) is 3.23. The summed E-state index contributed by atoms with van der Waals surface area (Å²) in [6, 6.07) is 16.5. The highest BCUT2D eigenvalue weighted by Gasteiger charge is 2.17.